The first kappa shape index (κ1) is 25.0. The molecule has 1 saturated carbocycles. The molecule has 1 aliphatic rings. The number of nitrogens with one attached hydrogen (secondary N) is 2. The predicted octanol–water partition coefficient (Wildman–Crippen LogP) is 4.18. The van der Waals surface area contributed by atoms with Crippen LogP contribution in [0.2, 0.25) is 0 Å². The third-order valence-corrected chi connectivity index (χ3v) is 7.07. The number of carbonyl (C=O) groups is 2. The maximum Gasteiger partial charge on any atom is 0.255 e. The largest absolute Gasteiger partial charge is 0.496 e. The van der Waals surface area contributed by atoms with E-state index in [1.165, 1.54) is 7.11 Å². The molecule has 0 aliphatic heterocycles. The number of rotatable bonds is 11. The summed E-state index contributed by atoms with van der Waals surface area (Å²) in [6.45, 7) is 0.520. The Bertz CT molecular complexity index is 943. The number of methoxy groups -OCH3 is 2. The van der Waals surface area contributed by atoms with E-state index in [-0.39, 0.29) is 17.2 Å². The average molecular weight is 471 g/mol. The summed E-state index contributed by atoms with van der Waals surface area (Å²) in [6.07, 6.45) is 6.78. The maximum absolute atomic E-state index is 13.3. The number of para-hydroxylation sites is 2. The summed E-state index contributed by atoms with van der Waals surface area (Å²) in [5.74, 6) is 1.64. The van der Waals surface area contributed by atoms with Crippen molar-refractivity contribution in [3.05, 3.63) is 59.7 Å². The Hall–Kier alpha value is -2.67. The number of hydrogen-bond acceptors (Lipinski definition) is 5. The summed E-state index contributed by atoms with van der Waals surface area (Å²) in [7, 11) is 3.22. The zero-order valence-electron chi connectivity index (χ0n) is 19.7. The Kier molecular flexibility index (Phi) is 9.06. The highest BCUT2D eigenvalue weighted by molar-refractivity contribution is 7.98. The van der Waals surface area contributed by atoms with Crippen LogP contribution in [0.4, 0.5) is 0 Å². The molecule has 0 aromatic heterocycles. The average Bonchev–Trinajstić information content (AvgIpc) is 3.34. The van der Waals surface area contributed by atoms with Crippen molar-refractivity contribution in [3.8, 4) is 11.5 Å². The number of benzene rings is 2. The van der Waals surface area contributed by atoms with Crippen LogP contribution in [-0.4, -0.2) is 50.6 Å². The molecule has 1 fully saturated rings. The van der Waals surface area contributed by atoms with E-state index in [1.54, 1.807) is 37.1 Å². The smallest absolute Gasteiger partial charge is 0.255 e. The van der Waals surface area contributed by atoms with Crippen LogP contribution in [0.15, 0.2) is 48.5 Å². The van der Waals surface area contributed by atoms with Crippen LogP contribution in [0, 0.1) is 0 Å². The number of ether oxygens (including phenoxy) is 2. The number of thioether (sulfide) groups is 1. The highest BCUT2D eigenvalue weighted by Gasteiger charge is 2.38. The summed E-state index contributed by atoms with van der Waals surface area (Å²) in [5.41, 5.74) is 1.41. The molecular formula is C26H34N2O4S. The molecular weight excluding hydrogens is 436 g/mol. The first-order valence-electron chi connectivity index (χ1n) is 11.4. The molecule has 0 saturated heterocycles. The van der Waals surface area contributed by atoms with Gasteiger partial charge in [0.1, 0.15) is 17.5 Å². The van der Waals surface area contributed by atoms with Gasteiger partial charge in [-0.3, -0.25) is 9.59 Å². The van der Waals surface area contributed by atoms with Gasteiger partial charge in [-0.15, -0.1) is 0 Å². The molecule has 2 N–H and O–H groups in total. The fourth-order valence-corrected chi connectivity index (χ4v) is 5.10. The second-order valence-corrected chi connectivity index (χ2v) is 9.40. The Morgan fingerprint density at radius 2 is 1.64 bits per heavy atom. The van der Waals surface area contributed by atoms with Gasteiger partial charge in [-0.1, -0.05) is 43.2 Å². The minimum absolute atomic E-state index is 0.154. The van der Waals surface area contributed by atoms with Crippen LogP contribution < -0.4 is 20.1 Å². The normalized spacial score (nSPS) is 15.5. The molecule has 0 bridgehead atoms. The van der Waals surface area contributed by atoms with Crippen LogP contribution in [-0.2, 0) is 10.2 Å². The number of amides is 2. The third-order valence-electron chi connectivity index (χ3n) is 6.42. The van der Waals surface area contributed by atoms with Crippen LogP contribution in [0.3, 0.4) is 0 Å². The second kappa shape index (κ2) is 12.0. The van der Waals surface area contributed by atoms with E-state index in [0.717, 1.165) is 42.7 Å². The zero-order chi connectivity index (χ0) is 23.7. The van der Waals surface area contributed by atoms with Crippen molar-refractivity contribution in [3.63, 3.8) is 0 Å². The van der Waals surface area contributed by atoms with Gasteiger partial charge in [0, 0.05) is 17.5 Å². The van der Waals surface area contributed by atoms with E-state index >= 15 is 0 Å². The molecule has 6 nitrogen and oxygen atoms in total. The van der Waals surface area contributed by atoms with E-state index in [4.69, 9.17) is 9.47 Å². The molecule has 0 radical (unpaired) electrons. The van der Waals surface area contributed by atoms with Gasteiger partial charge in [0.05, 0.1) is 19.8 Å². The SMILES string of the molecule is COc1ccccc1C(=O)NC(CCSC)C(=O)NCC1(c2ccccc2OC)CCCC1. The van der Waals surface area contributed by atoms with E-state index < -0.39 is 6.04 Å². The van der Waals surface area contributed by atoms with Gasteiger partial charge >= 0.3 is 0 Å². The molecule has 1 aliphatic carbocycles. The monoisotopic (exact) mass is 470 g/mol. The number of carbonyl (C=O) groups excluding carboxylic acids is 2. The van der Waals surface area contributed by atoms with Crippen molar-refractivity contribution in [2.45, 2.75) is 43.6 Å². The van der Waals surface area contributed by atoms with Gasteiger partial charge in [0.15, 0.2) is 0 Å². The summed E-state index contributed by atoms with van der Waals surface area (Å²) < 4.78 is 10.9. The fourth-order valence-electron chi connectivity index (χ4n) is 4.63. The lowest BCUT2D eigenvalue weighted by atomic mass is 9.78. The van der Waals surface area contributed by atoms with Crippen LogP contribution >= 0.6 is 11.8 Å². The van der Waals surface area contributed by atoms with Crippen molar-refractivity contribution in [2.24, 2.45) is 0 Å². The van der Waals surface area contributed by atoms with Gasteiger partial charge in [-0.2, -0.15) is 11.8 Å². The van der Waals surface area contributed by atoms with Crippen molar-refractivity contribution >= 4 is 23.6 Å². The van der Waals surface area contributed by atoms with E-state index in [1.807, 2.05) is 30.5 Å². The van der Waals surface area contributed by atoms with Crippen molar-refractivity contribution in [1.82, 2.24) is 10.6 Å². The molecule has 1 atom stereocenters. The van der Waals surface area contributed by atoms with Crippen molar-refractivity contribution in [1.29, 1.82) is 0 Å². The van der Waals surface area contributed by atoms with Crippen molar-refractivity contribution < 1.29 is 19.1 Å². The van der Waals surface area contributed by atoms with Crippen LogP contribution in [0.5, 0.6) is 11.5 Å². The summed E-state index contributed by atoms with van der Waals surface area (Å²) in [4.78, 5) is 26.2. The molecule has 0 spiro atoms. The first-order chi connectivity index (χ1) is 16.0. The Morgan fingerprint density at radius 3 is 2.30 bits per heavy atom. The molecule has 2 amide bonds. The molecule has 3 rings (SSSR count). The highest BCUT2D eigenvalue weighted by atomic mass is 32.2. The van der Waals surface area contributed by atoms with Crippen molar-refractivity contribution in [2.75, 3.05) is 32.8 Å². The van der Waals surface area contributed by atoms with Crippen LogP contribution in [0.25, 0.3) is 0 Å². The van der Waals surface area contributed by atoms with Gasteiger partial charge in [-0.05, 0) is 49.5 Å². The fraction of sp³-hybridized carbons (Fsp3) is 0.462. The summed E-state index contributed by atoms with van der Waals surface area (Å²) in [5, 5.41) is 6.08. The minimum atomic E-state index is -0.619. The highest BCUT2D eigenvalue weighted by Crippen LogP contribution is 2.44. The minimum Gasteiger partial charge on any atom is -0.496 e. The molecule has 1 unspecified atom stereocenters. The Morgan fingerprint density at radius 1 is 1.00 bits per heavy atom. The Balaban J connectivity index is 1.74. The summed E-state index contributed by atoms with van der Waals surface area (Å²) in [6, 6.07) is 14.5. The van der Waals surface area contributed by atoms with Crippen LogP contribution in [0.1, 0.15) is 48.0 Å². The third kappa shape index (κ3) is 6.02. The maximum atomic E-state index is 13.3. The van der Waals surface area contributed by atoms with Gasteiger partial charge in [0.2, 0.25) is 5.91 Å². The lowest BCUT2D eigenvalue weighted by Gasteiger charge is -2.32. The van der Waals surface area contributed by atoms with E-state index in [0.29, 0.717) is 24.3 Å². The lowest BCUT2D eigenvalue weighted by Crippen LogP contribution is -2.50. The summed E-state index contributed by atoms with van der Waals surface area (Å²) >= 11 is 1.65. The van der Waals surface area contributed by atoms with Gasteiger partial charge in [0.25, 0.3) is 5.91 Å². The quantitative estimate of drug-likeness (QED) is 0.515. The number of hydrogen-bond donors (Lipinski definition) is 2. The standard InChI is InChI=1S/C26H34N2O4S/c1-31-22-12-6-4-10-19(22)24(29)28-21(14-17-33-3)25(30)27-18-26(15-8-9-16-26)20-11-5-7-13-23(20)32-2/h4-7,10-13,21H,8-9,14-18H2,1-3H3,(H,27,30)(H,28,29). The molecule has 178 valence electrons. The van der Waals surface area contributed by atoms with E-state index in [9.17, 15) is 9.59 Å². The second-order valence-electron chi connectivity index (χ2n) is 8.41. The molecule has 2 aromatic rings. The molecule has 33 heavy (non-hydrogen) atoms. The Labute approximate surface area is 200 Å². The lowest BCUT2D eigenvalue weighted by molar-refractivity contribution is -0.123. The first-order valence-corrected chi connectivity index (χ1v) is 12.8. The molecule has 7 heteroatoms. The molecule has 0 heterocycles. The predicted molar refractivity (Wildman–Crippen MR) is 133 cm³/mol. The topological polar surface area (TPSA) is 76.7 Å². The van der Waals surface area contributed by atoms with E-state index in [2.05, 4.69) is 16.7 Å². The van der Waals surface area contributed by atoms with Gasteiger partial charge in [-0.25, -0.2) is 0 Å². The van der Waals surface area contributed by atoms with Gasteiger partial charge < -0.3 is 20.1 Å². The zero-order valence-corrected chi connectivity index (χ0v) is 20.5. The molecule has 2 aromatic carbocycles.